The zero-order valence-electron chi connectivity index (χ0n) is 14.2. The zero-order valence-corrected chi connectivity index (χ0v) is 15.8. The summed E-state index contributed by atoms with van der Waals surface area (Å²) >= 11 is 3.18. The predicted molar refractivity (Wildman–Crippen MR) is 97.9 cm³/mol. The molecule has 0 N–H and O–H groups in total. The molecule has 8 nitrogen and oxygen atoms in total. The molecule has 3 rings (SSSR count). The van der Waals surface area contributed by atoms with E-state index in [0.717, 1.165) is 29.5 Å². The van der Waals surface area contributed by atoms with E-state index in [-0.39, 0.29) is 5.69 Å². The minimum atomic E-state index is -0.452. The van der Waals surface area contributed by atoms with Gasteiger partial charge in [-0.3, -0.25) is 14.8 Å². The van der Waals surface area contributed by atoms with Crippen LogP contribution in [0.15, 0.2) is 22.9 Å². The van der Waals surface area contributed by atoms with Crippen LogP contribution in [0.25, 0.3) is 11.4 Å². The molecule has 3 aromatic heterocycles. The number of thioether (sulfide) groups is 1. The first-order chi connectivity index (χ1) is 12.0. The Morgan fingerprint density at radius 2 is 2.16 bits per heavy atom. The molecule has 25 heavy (non-hydrogen) atoms. The van der Waals surface area contributed by atoms with Gasteiger partial charge in [-0.05, 0) is 25.8 Å². The fraction of sp³-hybridized carbons (Fsp3) is 0.400. The van der Waals surface area contributed by atoms with E-state index >= 15 is 0 Å². The van der Waals surface area contributed by atoms with E-state index < -0.39 is 4.92 Å². The summed E-state index contributed by atoms with van der Waals surface area (Å²) in [5.74, 6) is 1.31. The Bertz CT molecular complexity index is 898. The van der Waals surface area contributed by atoms with Crippen LogP contribution < -0.4 is 0 Å². The molecule has 0 unspecified atom stereocenters. The molecular weight excluding hydrogens is 360 g/mol. The minimum Gasteiger partial charge on any atom is -0.302 e. The number of thiophene rings is 1. The van der Waals surface area contributed by atoms with Crippen molar-refractivity contribution in [3.63, 3.8) is 0 Å². The van der Waals surface area contributed by atoms with Gasteiger partial charge in [-0.25, -0.2) is 0 Å². The molecule has 10 heteroatoms. The minimum absolute atomic E-state index is 0.0143. The highest BCUT2D eigenvalue weighted by atomic mass is 32.2. The molecule has 0 atom stereocenters. The van der Waals surface area contributed by atoms with Crippen molar-refractivity contribution in [2.24, 2.45) is 0 Å². The smallest absolute Gasteiger partial charge is 0.302 e. The van der Waals surface area contributed by atoms with Gasteiger partial charge in [0.25, 0.3) is 0 Å². The number of rotatable bonds is 7. The molecule has 0 aromatic carbocycles. The molecule has 0 saturated heterocycles. The Hall–Kier alpha value is -2.20. The highest BCUT2D eigenvalue weighted by Crippen LogP contribution is 2.32. The van der Waals surface area contributed by atoms with Crippen LogP contribution in [0.3, 0.4) is 0 Å². The molecule has 0 amide bonds. The first kappa shape index (κ1) is 17.6. The van der Waals surface area contributed by atoms with Gasteiger partial charge in [0.1, 0.15) is 12.4 Å². The summed E-state index contributed by atoms with van der Waals surface area (Å²) in [5, 5.41) is 26.3. The van der Waals surface area contributed by atoms with E-state index in [0.29, 0.717) is 5.88 Å². The lowest BCUT2D eigenvalue weighted by Crippen LogP contribution is -2.02. The third-order valence-electron chi connectivity index (χ3n) is 3.89. The topological polar surface area (TPSA) is 91.7 Å². The average Bonchev–Trinajstić information content (AvgIpc) is 3.30. The SMILES string of the molecule is CCc1c(-c2nnc(SCn3cc([N+](=O)[O-])cn3)n2CC)csc1C. The fourth-order valence-electron chi connectivity index (χ4n) is 2.63. The van der Waals surface area contributed by atoms with Crippen molar-refractivity contribution in [2.75, 3.05) is 0 Å². The van der Waals surface area contributed by atoms with Gasteiger partial charge in [0.2, 0.25) is 0 Å². The summed E-state index contributed by atoms with van der Waals surface area (Å²) in [4.78, 5) is 11.6. The summed E-state index contributed by atoms with van der Waals surface area (Å²) in [5.41, 5.74) is 2.44. The number of aromatic nitrogens is 5. The number of nitro groups is 1. The zero-order chi connectivity index (χ0) is 18.0. The standard InChI is InChI=1S/C15H18N6O2S2/c1-4-12-10(3)24-8-13(12)14-17-18-15(20(14)5-2)25-9-19-7-11(6-16-19)21(22)23/h6-8H,4-5,9H2,1-3H3. The molecule has 0 saturated carbocycles. The van der Waals surface area contributed by atoms with E-state index in [9.17, 15) is 10.1 Å². The average molecular weight is 378 g/mol. The Kier molecular flexibility index (Phi) is 5.19. The van der Waals surface area contributed by atoms with Crippen molar-refractivity contribution in [3.05, 3.63) is 38.3 Å². The summed E-state index contributed by atoms with van der Waals surface area (Å²) < 4.78 is 3.60. The third-order valence-corrected chi connectivity index (χ3v) is 5.79. The molecule has 3 aromatic rings. The predicted octanol–water partition coefficient (Wildman–Crippen LogP) is 3.75. The monoisotopic (exact) mass is 378 g/mol. The highest BCUT2D eigenvalue weighted by molar-refractivity contribution is 7.98. The van der Waals surface area contributed by atoms with E-state index in [4.69, 9.17) is 0 Å². The van der Waals surface area contributed by atoms with Crippen LogP contribution in [-0.2, 0) is 18.8 Å². The Balaban J connectivity index is 1.83. The number of hydrogen-bond donors (Lipinski definition) is 0. The first-order valence-corrected chi connectivity index (χ1v) is 9.71. The van der Waals surface area contributed by atoms with Crippen LogP contribution in [0.1, 0.15) is 24.3 Å². The quantitative estimate of drug-likeness (QED) is 0.353. The summed E-state index contributed by atoms with van der Waals surface area (Å²) in [6.45, 7) is 7.08. The maximum Gasteiger partial charge on any atom is 0.307 e. The van der Waals surface area contributed by atoms with E-state index in [2.05, 4.69) is 46.0 Å². The number of hydrogen-bond acceptors (Lipinski definition) is 7. The van der Waals surface area contributed by atoms with Crippen molar-refractivity contribution in [2.45, 2.75) is 44.8 Å². The van der Waals surface area contributed by atoms with Gasteiger partial charge in [-0.15, -0.1) is 21.5 Å². The molecule has 0 aliphatic heterocycles. The number of nitrogens with zero attached hydrogens (tertiary/aromatic N) is 6. The second-order valence-electron chi connectivity index (χ2n) is 5.36. The van der Waals surface area contributed by atoms with E-state index in [1.54, 1.807) is 11.3 Å². The van der Waals surface area contributed by atoms with Crippen molar-refractivity contribution in [3.8, 4) is 11.4 Å². The molecule has 0 fully saturated rings. The second-order valence-corrected chi connectivity index (χ2v) is 7.35. The van der Waals surface area contributed by atoms with Gasteiger partial charge < -0.3 is 4.57 Å². The molecule has 0 aliphatic carbocycles. The molecule has 0 radical (unpaired) electrons. The van der Waals surface area contributed by atoms with Crippen LogP contribution >= 0.6 is 23.1 Å². The molecule has 132 valence electrons. The first-order valence-electron chi connectivity index (χ1n) is 7.85. The summed E-state index contributed by atoms with van der Waals surface area (Å²) in [6.07, 6.45) is 3.62. The maximum absolute atomic E-state index is 10.7. The highest BCUT2D eigenvalue weighted by Gasteiger charge is 2.18. The lowest BCUT2D eigenvalue weighted by Gasteiger charge is -2.08. The molecular formula is C15H18N6O2S2. The lowest BCUT2D eigenvalue weighted by molar-refractivity contribution is -0.385. The summed E-state index contributed by atoms with van der Waals surface area (Å²) in [6, 6.07) is 0. The lowest BCUT2D eigenvalue weighted by atomic mass is 10.1. The normalized spacial score (nSPS) is 11.2. The molecule has 0 spiro atoms. The van der Waals surface area contributed by atoms with Gasteiger partial charge in [0, 0.05) is 22.4 Å². The van der Waals surface area contributed by atoms with E-state index in [1.165, 1.54) is 39.3 Å². The Morgan fingerprint density at radius 1 is 1.36 bits per heavy atom. The summed E-state index contributed by atoms with van der Waals surface area (Å²) in [7, 11) is 0. The van der Waals surface area contributed by atoms with Crippen molar-refractivity contribution in [1.82, 2.24) is 24.5 Å². The number of aryl methyl sites for hydroxylation is 1. The van der Waals surface area contributed by atoms with E-state index in [1.807, 2.05) is 0 Å². The third kappa shape index (κ3) is 3.45. The largest absolute Gasteiger partial charge is 0.307 e. The van der Waals surface area contributed by atoms with Gasteiger partial charge >= 0.3 is 5.69 Å². The van der Waals surface area contributed by atoms with Crippen molar-refractivity contribution >= 4 is 28.8 Å². The van der Waals surface area contributed by atoms with Gasteiger partial charge in [-0.1, -0.05) is 18.7 Å². The van der Waals surface area contributed by atoms with Crippen LogP contribution in [0.4, 0.5) is 5.69 Å². The van der Waals surface area contributed by atoms with Gasteiger partial charge in [-0.2, -0.15) is 5.10 Å². The van der Waals surface area contributed by atoms with Crippen LogP contribution in [0, 0.1) is 17.0 Å². The second kappa shape index (κ2) is 7.36. The molecule has 0 bridgehead atoms. The fourth-order valence-corrected chi connectivity index (χ4v) is 4.43. The Morgan fingerprint density at radius 3 is 2.80 bits per heavy atom. The van der Waals surface area contributed by atoms with Gasteiger partial charge in [0.05, 0.1) is 10.8 Å². The van der Waals surface area contributed by atoms with Crippen molar-refractivity contribution < 1.29 is 4.92 Å². The van der Waals surface area contributed by atoms with Crippen LogP contribution in [0.2, 0.25) is 0 Å². The molecule has 3 heterocycles. The van der Waals surface area contributed by atoms with Crippen molar-refractivity contribution in [1.29, 1.82) is 0 Å². The van der Waals surface area contributed by atoms with Gasteiger partial charge in [0.15, 0.2) is 11.0 Å². The maximum atomic E-state index is 10.7. The van der Waals surface area contributed by atoms with Crippen LogP contribution in [-0.4, -0.2) is 29.5 Å². The Labute approximate surface area is 153 Å². The molecule has 0 aliphatic rings. The van der Waals surface area contributed by atoms with Crippen LogP contribution in [0.5, 0.6) is 0 Å².